The summed E-state index contributed by atoms with van der Waals surface area (Å²) < 4.78 is 0. The van der Waals surface area contributed by atoms with Gasteiger partial charge in [0, 0.05) is 16.7 Å². The van der Waals surface area contributed by atoms with E-state index in [2.05, 4.69) is 297 Å². The van der Waals surface area contributed by atoms with E-state index in [-0.39, 0.29) is 0 Å². The minimum absolute atomic E-state index is 0.517. The Morgan fingerprint density at radius 1 is 0.185 bits per heavy atom. The van der Waals surface area contributed by atoms with E-state index < -0.39 is 5.41 Å². The van der Waals surface area contributed by atoms with Crippen molar-refractivity contribution in [1.82, 2.24) is 15.0 Å². The van der Waals surface area contributed by atoms with Crippen LogP contribution in [0.2, 0.25) is 0 Å². The van der Waals surface area contributed by atoms with Crippen LogP contribution in [0.4, 0.5) is 0 Å². The standard InChI is InChI=1S/C78H49N3/c1-5-20-50(21-6-1)59-45-61-43-55(36-39-63(61)69(47-59)52-24-9-3-10-25-52)54-28-19-29-56(42-54)75-79-76(57-37-40-64-62(44-57)46-60(51-22-7-2-8-23-51)48-70(64)53-26-11-4-12-27-53)81-77(80-75)58-38-41-68-67-32-15-18-35-73(67)78(74(68)49-58)71-33-16-13-30-65(71)66-31-14-17-34-72(66)78/h1-49H. The maximum absolute atomic E-state index is 5.50. The number of benzene rings is 13. The number of nitrogens with zero attached hydrogens (tertiary/aromatic N) is 3. The lowest BCUT2D eigenvalue weighted by atomic mass is 9.70. The van der Waals surface area contributed by atoms with Crippen LogP contribution in [0.5, 0.6) is 0 Å². The van der Waals surface area contributed by atoms with Gasteiger partial charge in [-0.2, -0.15) is 0 Å². The maximum Gasteiger partial charge on any atom is 0.164 e. The second-order valence-corrected chi connectivity index (χ2v) is 21.4. The van der Waals surface area contributed by atoms with Crippen LogP contribution in [0.1, 0.15) is 22.3 Å². The zero-order valence-electron chi connectivity index (χ0n) is 44.1. The molecule has 0 saturated heterocycles. The molecule has 0 aliphatic heterocycles. The average Bonchev–Trinajstić information content (AvgIpc) is 4.13. The van der Waals surface area contributed by atoms with Crippen molar-refractivity contribution in [3.8, 4) is 112 Å². The van der Waals surface area contributed by atoms with E-state index in [0.29, 0.717) is 17.5 Å². The number of hydrogen-bond acceptors (Lipinski definition) is 3. The molecule has 0 fully saturated rings. The second-order valence-electron chi connectivity index (χ2n) is 21.4. The van der Waals surface area contributed by atoms with Gasteiger partial charge in [-0.05, 0) is 170 Å². The van der Waals surface area contributed by atoms with Crippen LogP contribution in [0.15, 0.2) is 297 Å². The van der Waals surface area contributed by atoms with Crippen LogP contribution in [-0.4, -0.2) is 15.0 Å². The Balaban J connectivity index is 0.888. The van der Waals surface area contributed by atoms with Crippen molar-refractivity contribution in [2.24, 2.45) is 0 Å². The van der Waals surface area contributed by atoms with Gasteiger partial charge in [0.25, 0.3) is 0 Å². The summed E-state index contributed by atoms with van der Waals surface area (Å²) >= 11 is 0. The predicted octanol–water partition coefficient (Wildman–Crippen LogP) is 19.9. The molecule has 1 spiro atoms. The summed E-state index contributed by atoms with van der Waals surface area (Å²) in [4.78, 5) is 16.5. The van der Waals surface area contributed by atoms with E-state index in [1.54, 1.807) is 0 Å². The zero-order valence-corrected chi connectivity index (χ0v) is 44.1. The molecule has 13 aromatic carbocycles. The van der Waals surface area contributed by atoms with Gasteiger partial charge in [-0.25, -0.2) is 15.0 Å². The molecule has 1 aromatic heterocycles. The minimum Gasteiger partial charge on any atom is -0.208 e. The van der Waals surface area contributed by atoms with E-state index >= 15 is 0 Å². The Bertz CT molecular complexity index is 4730. The molecule has 0 saturated carbocycles. The molecule has 16 rings (SSSR count). The summed E-state index contributed by atoms with van der Waals surface area (Å²) in [6.45, 7) is 0. The molecule has 2 aliphatic rings. The van der Waals surface area contributed by atoms with Crippen molar-refractivity contribution < 1.29 is 0 Å². The van der Waals surface area contributed by atoms with Crippen LogP contribution < -0.4 is 0 Å². The number of aromatic nitrogens is 3. The fourth-order valence-corrected chi connectivity index (χ4v) is 13.2. The lowest BCUT2D eigenvalue weighted by Gasteiger charge is -2.30. The van der Waals surface area contributed by atoms with Crippen LogP contribution in [-0.2, 0) is 5.41 Å². The van der Waals surface area contributed by atoms with Crippen molar-refractivity contribution in [1.29, 1.82) is 0 Å². The molecular weight excluding hydrogens is 979 g/mol. The average molecular weight is 1030 g/mol. The quantitative estimate of drug-likeness (QED) is 0.152. The third-order valence-electron chi connectivity index (χ3n) is 16.9. The Kier molecular flexibility index (Phi) is 10.8. The third kappa shape index (κ3) is 7.62. The Labute approximate surface area is 470 Å². The van der Waals surface area contributed by atoms with Gasteiger partial charge in [0.05, 0.1) is 5.41 Å². The molecule has 0 radical (unpaired) electrons. The van der Waals surface area contributed by atoms with Gasteiger partial charge in [-0.1, -0.05) is 249 Å². The first kappa shape index (κ1) is 46.5. The molecule has 0 amide bonds. The van der Waals surface area contributed by atoms with E-state index in [4.69, 9.17) is 15.0 Å². The Morgan fingerprint density at radius 3 is 1.01 bits per heavy atom. The SMILES string of the molecule is c1ccc(-c2cc(-c3ccccc3)c3ccc(-c4cccc(-c5nc(-c6ccc7c(c6)C6(c8ccccc8-c8ccccc86)c6ccccc6-7)nc(-c6ccc7c(-c8ccccc8)cc(-c8ccccc8)cc7c6)n5)c4)cc3c2)cc1. The van der Waals surface area contributed by atoms with Gasteiger partial charge < -0.3 is 0 Å². The second kappa shape index (κ2) is 18.8. The summed E-state index contributed by atoms with van der Waals surface area (Å²) in [7, 11) is 0. The van der Waals surface area contributed by atoms with Crippen molar-refractivity contribution in [2.75, 3.05) is 0 Å². The fraction of sp³-hybridized carbons (Fsp3) is 0.0128. The normalized spacial score (nSPS) is 12.5. The molecule has 0 atom stereocenters. The third-order valence-corrected chi connectivity index (χ3v) is 16.9. The minimum atomic E-state index is -0.517. The van der Waals surface area contributed by atoms with Crippen LogP contribution in [0, 0.1) is 0 Å². The molecule has 14 aromatic rings. The van der Waals surface area contributed by atoms with Gasteiger partial charge in [-0.15, -0.1) is 0 Å². The summed E-state index contributed by atoms with van der Waals surface area (Å²) in [6, 6.07) is 108. The van der Waals surface area contributed by atoms with E-state index in [9.17, 15) is 0 Å². The van der Waals surface area contributed by atoms with E-state index in [1.807, 2.05) is 0 Å². The fourth-order valence-electron chi connectivity index (χ4n) is 13.2. The summed E-state index contributed by atoms with van der Waals surface area (Å²) in [5.74, 6) is 1.83. The summed E-state index contributed by atoms with van der Waals surface area (Å²) in [5, 5.41) is 4.65. The molecule has 0 bridgehead atoms. The topological polar surface area (TPSA) is 38.7 Å². The summed E-state index contributed by atoms with van der Waals surface area (Å²) in [6.07, 6.45) is 0. The highest BCUT2D eigenvalue weighted by atomic mass is 15.0. The first-order valence-electron chi connectivity index (χ1n) is 27.8. The summed E-state index contributed by atoms with van der Waals surface area (Å²) in [5.41, 5.74) is 24.0. The molecule has 1 heterocycles. The highest BCUT2D eigenvalue weighted by molar-refractivity contribution is 6.04. The van der Waals surface area contributed by atoms with E-state index in [0.717, 1.165) is 49.7 Å². The Hall–Kier alpha value is -10.6. The molecule has 0 unspecified atom stereocenters. The first-order chi connectivity index (χ1) is 40.1. The smallest absolute Gasteiger partial charge is 0.164 e. The van der Waals surface area contributed by atoms with Gasteiger partial charge in [-0.3, -0.25) is 0 Å². The van der Waals surface area contributed by atoms with Gasteiger partial charge in [0.2, 0.25) is 0 Å². The molecule has 81 heavy (non-hydrogen) atoms. The van der Waals surface area contributed by atoms with E-state index in [1.165, 1.54) is 88.7 Å². The zero-order chi connectivity index (χ0) is 53.4. The lowest BCUT2D eigenvalue weighted by molar-refractivity contribution is 0.794. The molecule has 3 heteroatoms. The molecule has 3 nitrogen and oxygen atoms in total. The monoisotopic (exact) mass is 1030 g/mol. The largest absolute Gasteiger partial charge is 0.208 e. The van der Waals surface area contributed by atoms with Crippen LogP contribution in [0.3, 0.4) is 0 Å². The predicted molar refractivity (Wildman–Crippen MR) is 335 cm³/mol. The Morgan fingerprint density at radius 2 is 0.519 bits per heavy atom. The van der Waals surface area contributed by atoms with Gasteiger partial charge >= 0.3 is 0 Å². The van der Waals surface area contributed by atoms with Crippen molar-refractivity contribution in [3.63, 3.8) is 0 Å². The number of hydrogen-bond donors (Lipinski definition) is 0. The molecule has 0 N–H and O–H groups in total. The van der Waals surface area contributed by atoms with Gasteiger partial charge in [0.1, 0.15) is 0 Å². The molecule has 2 aliphatic carbocycles. The van der Waals surface area contributed by atoms with Crippen molar-refractivity contribution in [3.05, 3.63) is 320 Å². The maximum atomic E-state index is 5.50. The van der Waals surface area contributed by atoms with Crippen molar-refractivity contribution >= 4 is 21.5 Å². The van der Waals surface area contributed by atoms with Crippen LogP contribution in [0.25, 0.3) is 134 Å². The highest BCUT2D eigenvalue weighted by Crippen LogP contribution is 2.63. The lowest BCUT2D eigenvalue weighted by Crippen LogP contribution is -2.25. The number of rotatable bonds is 8. The van der Waals surface area contributed by atoms with Crippen LogP contribution >= 0.6 is 0 Å². The van der Waals surface area contributed by atoms with Crippen molar-refractivity contribution in [2.45, 2.75) is 5.41 Å². The van der Waals surface area contributed by atoms with Gasteiger partial charge in [0.15, 0.2) is 17.5 Å². The first-order valence-corrected chi connectivity index (χ1v) is 27.8. The highest BCUT2D eigenvalue weighted by Gasteiger charge is 2.51. The molecule has 376 valence electrons. The number of fused-ring (bicyclic) bond motifs is 12. The molecular formula is C78H49N3.